The van der Waals surface area contributed by atoms with Gasteiger partial charge in [0.2, 0.25) is 0 Å². The van der Waals surface area contributed by atoms with E-state index in [9.17, 15) is 14.0 Å². The van der Waals surface area contributed by atoms with E-state index in [0.717, 1.165) is 12.8 Å². The van der Waals surface area contributed by atoms with Gasteiger partial charge in [-0.1, -0.05) is 55.8 Å². The first-order chi connectivity index (χ1) is 13.5. The highest BCUT2D eigenvalue weighted by Crippen LogP contribution is 2.45. The van der Waals surface area contributed by atoms with Crippen LogP contribution in [0.15, 0.2) is 54.6 Å². The maximum absolute atomic E-state index is 13.7. The third-order valence-electron chi connectivity index (χ3n) is 5.44. The Labute approximate surface area is 165 Å². The summed E-state index contributed by atoms with van der Waals surface area (Å²) in [7, 11) is 3.29. The molecule has 2 aromatic carbocycles. The van der Waals surface area contributed by atoms with Gasteiger partial charge in [-0.15, -0.1) is 0 Å². The molecule has 1 saturated heterocycles. The minimum atomic E-state index is -1.35. The smallest absolute Gasteiger partial charge is 0.320 e. The van der Waals surface area contributed by atoms with Gasteiger partial charge in [0.05, 0.1) is 0 Å². The number of nitrogens with one attached hydrogen (secondary N) is 1. The quantitative estimate of drug-likeness (QED) is 0.856. The Hall–Kier alpha value is -2.89. The molecule has 1 N–H and O–H groups in total. The standard InChI is InChI=1S/C22H26FN3O2/c1-4-5-11-19-25(3)20(27)22(26(19)21(28)24-2,16-9-7-6-8-10-16)17-12-14-18(23)15-13-17/h6-10,12-15,19H,4-5,11H2,1-3H3,(H,24,28). The van der Waals surface area contributed by atoms with Crippen molar-refractivity contribution in [2.75, 3.05) is 14.1 Å². The van der Waals surface area contributed by atoms with E-state index in [1.165, 1.54) is 12.1 Å². The Kier molecular flexibility index (Phi) is 5.68. The summed E-state index contributed by atoms with van der Waals surface area (Å²) in [6.45, 7) is 2.07. The topological polar surface area (TPSA) is 52.7 Å². The fraction of sp³-hybridized carbons (Fsp3) is 0.364. The predicted octanol–water partition coefficient (Wildman–Crippen LogP) is 3.70. The van der Waals surface area contributed by atoms with Crippen LogP contribution in [0.5, 0.6) is 0 Å². The molecule has 0 radical (unpaired) electrons. The highest BCUT2D eigenvalue weighted by atomic mass is 19.1. The van der Waals surface area contributed by atoms with E-state index >= 15 is 0 Å². The van der Waals surface area contributed by atoms with Crippen molar-refractivity contribution in [1.29, 1.82) is 0 Å². The van der Waals surface area contributed by atoms with Crippen molar-refractivity contribution in [3.05, 3.63) is 71.5 Å². The molecule has 3 rings (SSSR count). The molecule has 148 valence electrons. The third kappa shape index (κ3) is 3.03. The van der Waals surface area contributed by atoms with Gasteiger partial charge >= 0.3 is 6.03 Å². The number of carbonyl (C=O) groups is 2. The number of amides is 3. The fourth-order valence-corrected chi connectivity index (χ4v) is 4.07. The Balaban J connectivity index is 2.30. The van der Waals surface area contributed by atoms with Gasteiger partial charge in [-0.05, 0) is 36.1 Å². The SMILES string of the molecule is CCCCC1N(C)C(=O)C(c2ccccc2)(c2ccc(F)cc2)N1C(=O)NC. The average molecular weight is 383 g/mol. The Morgan fingerprint density at radius 1 is 1.11 bits per heavy atom. The number of hydrogen-bond donors (Lipinski definition) is 1. The monoisotopic (exact) mass is 383 g/mol. The lowest BCUT2D eigenvalue weighted by atomic mass is 9.81. The summed E-state index contributed by atoms with van der Waals surface area (Å²) < 4.78 is 13.7. The summed E-state index contributed by atoms with van der Waals surface area (Å²) in [5.74, 6) is -0.588. The minimum Gasteiger partial charge on any atom is -0.341 e. The maximum atomic E-state index is 13.7. The van der Waals surface area contributed by atoms with E-state index in [-0.39, 0.29) is 17.8 Å². The summed E-state index contributed by atoms with van der Waals surface area (Å²) in [6, 6.07) is 14.7. The average Bonchev–Trinajstić information content (AvgIpc) is 2.95. The third-order valence-corrected chi connectivity index (χ3v) is 5.44. The molecule has 6 heteroatoms. The minimum absolute atomic E-state index is 0.199. The molecule has 0 bridgehead atoms. The molecule has 1 aliphatic rings. The Morgan fingerprint density at radius 2 is 1.71 bits per heavy atom. The maximum Gasteiger partial charge on any atom is 0.320 e. The van der Waals surface area contributed by atoms with E-state index in [0.29, 0.717) is 17.5 Å². The van der Waals surface area contributed by atoms with Crippen LogP contribution in [-0.4, -0.2) is 42.0 Å². The van der Waals surface area contributed by atoms with Gasteiger partial charge in [-0.25, -0.2) is 9.18 Å². The molecular formula is C22H26FN3O2. The van der Waals surface area contributed by atoms with Gasteiger partial charge < -0.3 is 10.2 Å². The lowest BCUT2D eigenvalue weighted by molar-refractivity contribution is -0.131. The zero-order chi connectivity index (χ0) is 20.3. The number of hydrogen-bond acceptors (Lipinski definition) is 2. The number of benzene rings is 2. The highest BCUT2D eigenvalue weighted by Gasteiger charge is 2.60. The molecule has 0 saturated carbocycles. The molecular weight excluding hydrogens is 357 g/mol. The van der Waals surface area contributed by atoms with Crippen LogP contribution in [0.4, 0.5) is 9.18 Å². The molecule has 5 nitrogen and oxygen atoms in total. The van der Waals surface area contributed by atoms with Crippen LogP contribution >= 0.6 is 0 Å². The second-order valence-corrected chi connectivity index (χ2v) is 7.05. The molecule has 0 aliphatic carbocycles. The summed E-state index contributed by atoms with van der Waals surface area (Å²) in [5.41, 5.74) is -0.0945. The molecule has 2 atom stereocenters. The van der Waals surface area contributed by atoms with Crippen molar-refractivity contribution in [1.82, 2.24) is 15.1 Å². The van der Waals surface area contributed by atoms with Gasteiger partial charge in [-0.3, -0.25) is 9.69 Å². The van der Waals surface area contributed by atoms with Crippen LogP contribution in [0, 0.1) is 5.82 Å². The summed E-state index contributed by atoms with van der Waals surface area (Å²) in [5, 5.41) is 2.69. The highest BCUT2D eigenvalue weighted by molar-refractivity contribution is 5.98. The fourth-order valence-electron chi connectivity index (χ4n) is 4.07. The molecule has 3 amide bonds. The van der Waals surface area contributed by atoms with Gasteiger partial charge in [-0.2, -0.15) is 0 Å². The summed E-state index contributed by atoms with van der Waals surface area (Å²) in [4.78, 5) is 30.1. The number of unbranched alkanes of at least 4 members (excludes halogenated alkanes) is 1. The number of halogens is 1. The van der Waals surface area contributed by atoms with Crippen LogP contribution in [-0.2, 0) is 10.3 Å². The van der Waals surface area contributed by atoms with E-state index in [1.807, 2.05) is 30.3 Å². The number of likely N-dealkylation sites (N-methyl/N-ethyl adjacent to an activating group) is 1. The zero-order valence-electron chi connectivity index (χ0n) is 16.5. The molecule has 2 aromatic rings. The van der Waals surface area contributed by atoms with Gasteiger partial charge in [0, 0.05) is 14.1 Å². The Bertz CT molecular complexity index is 841. The molecule has 1 fully saturated rings. The van der Waals surface area contributed by atoms with E-state index in [2.05, 4.69) is 12.2 Å². The lowest BCUT2D eigenvalue weighted by Gasteiger charge is -2.38. The summed E-state index contributed by atoms with van der Waals surface area (Å²) in [6.07, 6.45) is 2.11. The van der Waals surface area contributed by atoms with E-state index in [1.54, 1.807) is 36.0 Å². The van der Waals surface area contributed by atoms with Crippen molar-refractivity contribution in [2.24, 2.45) is 0 Å². The second-order valence-electron chi connectivity index (χ2n) is 7.05. The van der Waals surface area contributed by atoms with Gasteiger partial charge in [0.15, 0.2) is 5.54 Å². The van der Waals surface area contributed by atoms with Crippen LogP contribution in [0.1, 0.15) is 37.3 Å². The van der Waals surface area contributed by atoms with Crippen molar-refractivity contribution in [3.63, 3.8) is 0 Å². The molecule has 28 heavy (non-hydrogen) atoms. The normalized spacial score (nSPS) is 21.9. The van der Waals surface area contributed by atoms with Crippen molar-refractivity contribution < 1.29 is 14.0 Å². The van der Waals surface area contributed by atoms with Gasteiger partial charge in [0.1, 0.15) is 12.0 Å². The van der Waals surface area contributed by atoms with E-state index < -0.39 is 11.7 Å². The lowest BCUT2D eigenvalue weighted by Crippen LogP contribution is -2.54. The molecule has 1 heterocycles. The van der Waals surface area contributed by atoms with Crippen molar-refractivity contribution in [3.8, 4) is 0 Å². The first kappa shape index (κ1) is 19.9. The number of nitrogens with zero attached hydrogens (tertiary/aromatic N) is 2. The largest absolute Gasteiger partial charge is 0.341 e. The number of rotatable bonds is 5. The number of urea groups is 1. The van der Waals surface area contributed by atoms with Crippen LogP contribution in [0.2, 0.25) is 0 Å². The van der Waals surface area contributed by atoms with Crippen molar-refractivity contribution >= 4 is 11.9 Å². The summed E-state index contributed by atoms with van der Waals surface area (Å²) >= 11 is 0. The first-order valence-corrected chi connectivity index (χ1v) is 9.58. The number of carbonyl (C=O) groups excluding carboxylic acids is 2. The van der Waals surface area contributed by atoms with Crippen LogP contribution in [0.25, 0.3) is 0 Å². The first-order valence-electron chi connectivity index (χ1n) is 9.58. The van der Waals surface area contributed by atoms with Gasteiger partial charge in [0.25, 0.3) is 5.91 Å². The molecule has 0 aromatic heterocycles. The van der Waals surface area contributed by atoms with Crippen LogP contribution in [0.3, 0.4) is 0 Å². The zero-order valence-corrected chi connectivity index (χ0v) is 16.5. The molecule has 0 spiro atoms. The predicted molar refractivity (Wildman–Crippen MR) is 106 cm³/mol. The van der Waals surface area contributed by atoms with Crippen molar-refractivity contribution in [2.45, 2.75) is 37.9 Å². The van der Waals surface area contributed by atoms with E-state index in [4.69, 9.17) is 0 Å². The van der Waals surface area contributed by atoms with Crippen LogP contribution < -0.4 is 5.32 Å². The Morgan fingerprint density at radius 3 is 2.29 bits per heavy atom. The second kappa shape index (κ2) is 8.00. The molecule has 1 aliphatic heterocycles. The molecule has 2 unspecified atom stereocenters.